The van der Waals surface area contributed by atoms with Crippen LogP contribution in [-0.2, 0) is 17.4 Å². The molecular formula is C25H50GeN2OSi2. The van der Waals surface area contributed by atoms with Crippen LogP contribution in [0.15, 0.2) is 12.1 Å². The van der Waals surface area contributed by atoms with Gasteiger partial charge in [-0.05, 0) is 0 Å². The quantitative estimate of drug-likeness (QED) is 0.324. The van der Waals surface area contributed by atoms with Crippen molar-refractivity contribution in [3.05, 3.63) is 28.8 Å². The molecule has 0 saturated heterocycles. The molecule has 0 saturated carbocycles. The van der Waals surface area contributed by atoms with Gasteiger partial charge < -0.3 is 0 Å². The Morgan fingerprint density at radius 2 is 1.29 bits per heavy atom. The zero-order valence-electron chi connectivity index (χ0n) is 23.1. The van der Waals surface area contributed by atoms with Gasteiger partial charge in [-0.2, -0.15) is 0 Å². The summed E-state index contributed by atoms with van der Waals surface area (Å²) in [7, 11) is -2.86. The first kappa shape index (κ1) is 28.9. The molecule has 0 N–H and O–H groups in total. The van der Waals surface area contributed by atoms with E-state index in [1.807, 2.05) is 0 Å². The summed E-state index contributed by atoms with van der Waals surface area (Å²) in [6, 6.07) is 4.86. The van der Waals surface area contributed by atoms with Crippen molar-refractivity contribution in [3.63, 3.8) is 0 Å². The Balaban J connectivity index is 3.63. The second kappa shape index (κ2) is 10.5. The number of benzene rings is 1. The average Bonchev–Trinajstić information content (AvgIpc) is 2.55. The Morgan fingerprint density at radius 3 is 1.65 bits per heavy atom. The number of hydrogen-bond donors (Lipinski definition) is 0. The van der Waals surface area contributed by atoms with Crippen LogP contribution >= 0.6 is 0 Å². The summed E-state index contributed by atoms with van der Waals surface area (Å²) in [5.41, 5.74) is 4.33. The number of hydrogen-bond acceptors (Lipinski definition) is 3. The fraction of sp³-hybridized carbons (Fsp3) is 0.760. The fourth-order valence-electron chi connectivity index (χ4n) is 3.98. The first-order chi connectivity index (χ1) is 13.8. The molecule has 0 spiro atoms. The monoisotopic (exact) mass is 524 g/mol. The molecule has 0 aliphatic heterocycles. The Hall–Kier alpha value is -0.0834. The molecule has 0 aromatic heterocycles. The van der Waals surface area contributed by atoms with Crippen LogP contribution in [0.1, 0.15) is 72.1 Å². The van der Waals surface area contributed by atoms with Gasteiger partial charge in [0.05, 0.1) is 0 Å². The van der Waals surface area contributed by atoms with Gasteiger partial charge in [-0.3, -0.25) is 0 Å². The van der Waals surface area contributed by atoms with E-state index in [-0.39, 0.29) is 10.8 Å². The van der Waals surface area contributed by atoms with Crippen molar-refractivity contribution >= 4 is 32.5 Å². The molecule has 1 aromatic carbocycles. The van der Waals surface area contributed by atoms with Crippen LogP contribution in [0.5, 0.6) is 5.75 Å². The summed E-state index contributed by atoms with van der Waals surface area (Å²) in [5.74, 6) is 1.17. The van der Waals surface area contributed by atoms with Gasteiger partial charge in [0, 0.05) is 0 Å². The average molecular weight is 523 g/mol. The third kappa shape index (κ3) is 8.33. The van der Waals surface area contributed by atoms with E-state index in [1.165, 1.54) is 22.4 Å². The van der Waals surface area contributed by atoms with Gasteiger partial charge >= 0.3 is 204 Å². The normalized spacial score (nSPS) is 13.9. The topological polar surface area (TPSA) is 15.7 Å². The van der Waals surface area contributed by atoms with E-state index in [1.54, 1.807) is 0 Å². The van der Waals surface area contributed by atoms with Crippen LogP contribution in [-0.4, -0.2) is 53.6 Å². The van der Waals surface area contributed by atoms with Gasteiger partial charge in [-0.1, -0.05) is 0 Å². The van der Waals surface area contributed by atoms with Gasteiger partial charge in [-0.25, -0.2) is 0 Å². The van der Waals surface area contributed by atoms with Crippen LogP contribution in [0.3, 0.4) is 0 Å². The van der Waals surface area contributed by atoms with Crippen molar-refractivity contribution < 1.29 is 3.76 Å². The van der Waals surface area contributed by atoms with E-state index < -0.39 is 32.5 Å². The third-order valence-electron chi connectivity index (χ3n) is 5.71. The van der Waals surface area contributed by atoms with Crippen molar-refractivity contribution in [3.8, 4) is 5.75 Å². The molecule has 1 aromatic rings. The molecule has 2 radical (unpaired) electrons. The van der Waals surface area contributed by atoms with Crippen molar-refractivity contribution in [2.75, 3.05) is 13.1 Å². The minimum absolute atomic E-state index is 0.0456. The minimum atomic E-state index is -1.43. The van der Waals surface area contributed by atoms with Gasteiger partial charge in [0.2, 0.25) is 0 Å². The Kier molecular flexibility index (Phi) is 9.76. The third-order valence-corrected chi connectivity index (χ3v) is 22.8. The standard InChI is InChI=1S/C25H50GeN2OSi2/c1-15-27(16-2)19-20-17-21(24(3,4)5)18-22(25(6,7)8)23(20)29-26-28(30(9,10)11)31(12,13)14/h17-18H,15-16,19H2,1-14H3. The fourth-order valence-corrected chi connectivity index (χ4v) is 17.4. The van der Waals surface area contributed by atoms with E-state index in [4.69, 9.17) is 3.76 Å². The molecule has 31 heavy (non-hydrogen) atoms. The second-order valence-electron chi connectivity index (χ2n) is 12.8. The SMILES string of the molecule is CCN(CC)Cc1cc(C(C)(C)C)cc(C(C)(C)C)c1[O][Ge][N]([Si](C)(C)C)[Si](C)(C)C. The van der Waals surface area contributed by atoms with E-state index in [0.717, 1.165) is 19.6 Å². The van der Waals surface area contributed by atoms with Crippen molar-refractivity contribution in [2.45, 2.75) is 112 Å². The van der Waals surface area contributed by atoms with Crippen LogP contribution in [0.2, 0.25) is 39.3 Å². The van der Waals surface area contributed by atoms with Gasteiger partial charge in [0.1, 0.15) is 0 Å². The maximum atomic E-state index is 6.96. The van der Waals surface area contributed by atoms with E-state index in [9.17, 15) is 0 Å². The molecule has 178 valence electrons. The van der Waals surface area contributed by atoms with Crippen LogP contribution in [0.4, 0.5) is 0 Å². The molecule has 0 aliphatic rings. The summed E-state index contributed by atoms with van der Waals surface area (Å²) >= 11 is -0.683. The van der Waals surface area contributed by atoms with Gasteiger partial charge in [0.25, 0.3) is 0 Å². The predicted molar refractivity (Wildman–Crippen MR) is 145 cm³/mol. The molecule has 0 fully saturated rings. The molecule has 0 unspecified atom stereocenters. The first-order valence-corrected chi connectivity index (χ1v) is 20.6. The van der Waals surface area contributed by atoms with Crippen LogP contribution in [0.25, 0.3) is 0 Å². The van der Waals surface area contributed by atoms with E-state index in [0.29, 0.717) is 0 Å². The Labute approximate surface area is 203 Å². The first-order valence-electron chi connectivity index (χ1n) is 12.0. The van der Waals surface area contributed by atoms with Gasteiger partial charge in [-0.15, -0.1) is 0 Å². The summed E-state index contributed by atoms with van der Waals surface area (Å²) in [4.78, 5) is 2.51. The molecule has 6 heteroatoms. The molecular weight excluding hydrogens is 473 g/mol. The second-order valence-corrected chi connectivity index (χ2v) is 26.5. The molecule has 3 nitrogen and oxygen atoms in total. The summed E-state index contributed by atoms with van der Waals surface area (Å²) < 4.78 is 9.81. The van der Waals surface area contributed by atoms with Crippen LogP contribution in [0, 0.1) is 0 Å². The Morgan fingerprint density at radius 1 is 0.806 bits per heavy atom. The van der Waals surface area contributed by atoms with Crippen molar-refractivity contribution in [1.82, 2.24) is 8.09 Å². The van der Waals surface area contributed by atoms with E-state index in [2.05, 4.69) is 115 Å². The Bertz CT molecular complexity index is 707. The summed E-state index contributed by atoms with van der Waals surface area (Å²) in [6.45, 7) is 36.4. The molecule has 0 amide bonds. The summed E-state index contributed by atoms with van der Waals surface area (Å²) in [6.07, 6.45) is 0. The predicted octanol–water partition coefficient (Wildman–Crippen LogP) is 7.01. The zero-order chi connectivity index (χ0) is 24.4. The van der Waals surface area contributed by atoms with Gasteiger partial charge in [0.15, 0.2) is 0 Å². The zero-order valence-corrected chi connectivity index (χ0v) is 27.2. The van der Waals surface area contributed by atoms with Crippen molar-refractivity contribution in [1.29, 1.82) is 0 Å². The number of rotatable bonds is 9. The van der Waals surface area contributed by atoms with Crippen molar-refractivity contribution in [2.24, 2.45) is 0 Å². The molecule has 0 heterocycles. The van der Waals surface area contributed by atoms with E-state index >= 15 is 0 Å². The molecule has 1 rings (SSSR count). The number of nitrogens with zero attached hydrogens (tertiary/aromatic N) is 2. The maximum absolute atomic E-state index is 6.96. The summed E-state index contributed by atoms with van der Waals surface area (Å²) in [5, 5.41) is 0. The molecule has 0 aliphatic carbocycles. The molecule has 0 atom stereocenters. The van der Waals surface area contributed by atoms with Crippen LogP contribution < -0.4 is 3.76 Å². The molecule has 0 bridgehead atoms.